The SMILES string of the molecule is O=C(O)CCCn1ccc(=O)c(O)c1C(O)c1ccccc1. The van der Waals surface area contributed by atoms with Crippen molar-refractivity contribution in [3.63, 3.8) is 0 Å². The van der Waals surface area contributed by atoms with E-state index in [2.05, 4.69) is 0 Å². The first-order valence-corrected chi connectivity index (χ1v) is 6.88. The number of hydrogen-bond acceptors (Lipinski definition) is 4. The molecule has 0 aliphatic carbocycles. The van der Waals surface area contributed by atoms with Crippen molar-refractivity contribution in [2.45, 2.75) is 25.5 Å². The number of benzene rings is 1. The van der Waals surface area contributed by atoms with Crippen molar-refractivity contribution in [3.05, 3.63) is 64.1 Å². The molecule has 0 radical (unpaired) electrons. The molecule has 22 heavy (non-hydrogen) atoms. The van der Waals surface area contributed by atoms with Crippen LogP contribution in [0, 0.1) is 0 Å². The summed E-state index contributed by atoms with van der Waals surface area (Å²) in [5.74, 6) is -1.44. The highest BCUT2D eigenvalue weighted by atomic mass is 16.4. The maximum Gasteiger partial charge on any atom is 0.303 e. The second kappa shape index (κ2) is 6.91. The normalized spacial score (nSPS) is 12.0. The number of pyridine rings is 1. The minimum atomic E-state index is -1.17. The summed E-state index contributed by atoms with van der Waals surface area (Å²) in [5, 5.41) is 29.1. The van der Waals surface area contributed by atoms with Gasteiger partial charge in [0.05, 0.1) is 5.69 Å². The van der Waals surface area contributed by atoms with E-state index in [1.54, 1.807) is 30.3 Å². The maximum atomic E-state index is 11.6. The van der Waals surface area contributed by atoms with Gasteiger partial charge < -0.3 is 19.9 Å². The molecule has 2 aromatic rings. The molecule has 0 saturated heterocycles. The van der Waals surface area contributed by atoms with Crippen LogP contribution in [0.25, 0.3) is 0 Å². The third kappa shape index (κ3) is 3.53. The van der Waals surface area contributed by atoms with Gasteiger partial charge in [-0.1, -0.05) is 30.3 Å². The van der Waals surface area contributed by atoms with Crippen LogP contribution in [-0.4, -0.2) is 25.9 Å². The molecule has 0 spiro atoms. The predicted molar refractivity (Wildman–Crippen MR) is 79.7 cm³/mol. The molecule has 0 aliphatic rings. The van der Waals surface area contributed by atoms with Crippen molar-refractivity contribution < 1.29 is 20.1 Å². The van der Waals surface area contributed by atoms with E-state index in [9.17, 15) is 19.8 Å². The fourth-order valence-corrected chi connectivity index (χ4v) is 2.25. The second-order valence-corrected chi connectivity index (χ2v) is 4.92. The van der Waals surface area contributed by atoms with E-state index in [4.69, 9.17) is 5.11 Å². The zero-order chi connectivity index (χ0) is 16.1. The topological polar surface area (TPSA) is 99.8 Å². The number of carboxylic acids is 1. The Morgan fingerprint density at radius 3 is 2.50 bits per heavy atom. The van der Waals surface area contributed by atoms with Gasteiger partial charge in [-0.15, -0.1) is 0 Å². The average molecular weight is 303 g/mol. The van der Waals surface area contributed by atoms with E-state index in [1.165, 1.54) is 16.8 Å². The van der Waals surface area contributed by atoms with Crippen molar-refractivity contribution in [1.82, 2.24) is 4.57 Å². The van der Waals surface area contributed by atoms with Crippen LogP contribution in [0.5, 0.6) is 5.75 Å². The summed E-state index contributed by atoms with van der Waals surface area (Å²) in [4.78, 5) is 22.2. The van der Waals surface area contributed by atoms with Gasteiger partial charge in [0.1, 0.15) is 6.10 Å². The highest BCUT2D eigenvalue weighted by molar-refractivity contribution is 5.66. The number of carbonyl (C=O) groups is 1. The lowest BCUT2D eigenvalue weighted by atomic mass is 10.0. The van der Waals surface area contributed by atoms with Gasteiger partial charge in [0.25, 0.3) is 0 Å². The number of aliphatic hydroxyl groups is 1. The number of aromatic hydroxyl groups is 1. The molecular formula is C16H17NO5. The van der Waals surface area contributed by atoms with Crippen LogP contribution >= 0.6 is 0 Å². The lowest BCUT2D eigenvalue weighted by Crippen LogP contribution is -2.17. The van der Waals surface area contributed by atoms with Crippen molar-refractivity contribution in [3.8, 4) is 5.75 Å². The summed E-state index contributed by atoms with van der Waals surface area (Å²) in [6.07, 6.45) is 0.575. The quantitative estimate of drug-likeness (QED) is 0.751. The number of aromatic nitrogens is 1. The number of nitrogens with zero attached hydrogens (tertiary/aromatic N) is 1. The zero-order valence-electron chi connectivity index (χ0n) is 11.8. The van der Waals surface area contributed by atoms with Crippen LogP contribution in [0.15, 0.2) is 47.4 Å². The van der Waals surface area contributed by atoms with Crippen LogP contribution in [0.4, 0.5) is 0 Å². The second-order valence-electron chi connectivity index (χ2n) is 4.92. The Kier molecular flexibility index (Phi) is 4.95. The molecule has 0 fully saturated rings. The largest absolute Gasteiger partial charge is 0.503 e. The number of hydrogen-bond donors (Lipinski definition) is 3. The number of aliphatic carboxylic acids is 1. The van der Waals surface area contributed by atoms with Gasteiger partial charge in [0.2, 0.25) is 5.43 Å². The van der Waals surface area contributed by atoms with Crippen molar-refractivity contribution in [1.29, 1.82) is 0 Å². The van der Waals surface area contributed by atoms with Crippen LogP contribution in [0.2, 0.25) is 0 Å². The summed E-state index contributed by atoms with van der Waals surface area (Å²) in [7, 11) is 0. The predicted octanol–water partition coefficient (Wildman–Crippen LogP) is 1.50. The molecule has 0 amide bonds. The van der Waals surface area contributed by atoms with Crippen LogP contribution in [-0.2, 0) is 11.3 Å². The molecule has 116 valence electrons. The van der Waals surface area contributed by atoms with E-state index < -0.39 is 23.3 Å². The maximum absolute atomic E-state index is 11.6. The van der Waals surface area contributed by atoms with Crippen molar-refractivity contribution in [2.75, 3.05) is 0 Å². The standard InChI is InChI=1S/C16H17NO5/c18-12-8-10-17(9-4-7-13(19)20)14(16(12)22)15(21)11-5-2-1-3-6-11/h1-3,5-6,8,10,15,21-22H,4,7,9H2,(H,19,20). The first kappa shape index (κ1) is 15.8. The van der Waals surface area contributed by atoms with Gasteiger partial charge in [0.15, 0.2) is 5.75 Å². The van der Waals surface area contributed by atoms with Gasteiger partial charge in [-0.05, 0) is 12.0 Å². The molecule has 6 nitrogen and oxygen atoms in total. The van der Waals surface area contributed by atoms with E-state index >= 15 is 0 Å². The Morgan fingerprint density at radius 1 is 1.18 bits per heavy atom. The third-order valence-electron chi connectivity index (χ3n) is 3.36. The van der Waals surface area contributed by atoms with Crippen molar-refractivity contribution >= 4 is 5.97 Å². The number of aliphatic hydroxyl groups excluding tert-OH is 1. The summed E-state index contributed by atoms with van der Waals surface area (Å²) in [6, 6.07) is 9.83. The minimum Gasteiger partial charge on any atom is -0.503 e. The van der Waals surface area contributed by atoms with Crippen LogP contribution in [0.3, 0.4) is 0 Å². The Morgan fingerprint density at radius 2 is 1.86 bits per heavy atom. The van der Waals surface area contributed by atoms with Gasteiger partial charge in [-0.2, -0.15) is 0 Å². The Bertz CT molecular complexity index is 708. The fraction of sp³-hybridized carbons (Fsp3) is 0.250. The fourth-order valence-electron chi connectivity index (χ4n) is 2.25. The molecule has 1 aromatic carbocycles. The van der Waals surface area contributed by atoms with Gasteiger partial charge in [-0.25, -0.2) is 0 Å². The Hall–Kier alpha value is -2.60. The molecule has 1 aromatic heterocycles. The van der Waals surface area contributed by atoms with E-state index in [0.717, 1.165) is 0 Å². The van der Waals surface area contributed by atoms with Crippen LogP contribution in [0.1, 0.15) is 30.2 Å². The molecule has 1 heterocycles. The number of carboxylic acid groups (broad SMARTS) is 1. The monoisotopic (exact) mass is 303 g/mol. The average Bonchev–Trinajstić information content (AvgIpc) is 2.51. The van der Waals surface area contributed by atoms with Gasteiger partial charge >= 0.3 is 5.97 Å². The highest BCUT2D eigenvalue weighted by Gasteiger charge is 2.20. The van der Waals surface area contributed by atoms with E-state index in [-0.39, 0.29) is 18.7 Å². The Labute approximate surface area is 126 Å². The molecule has 2 rings (SSSR count). The van der Waals surface area contributed by atoms with E-state index in [0.29, 0.717) is 12.0 Å². The molecule has 0 aliphatic heterocycles. The lowest BCUT2D eigenvalue weighted by molar-refractivity contribution is -0.137. The molecule has 1 atom stereocenters. The van der Waals surface area contributed by atoms with Crippen molar-refractivity contribution in [2.24, 2.45) is 0 Å². The number of aryl methyl sites for hydroxylation is 1. The summed E-state index contributed by atoms with van der Waals surface area (Å²) in [5.41, 5.74) is 0.0268. The zero-order valence-corrected chi connectivity index (χ0v) is 11.8. The summed E-state index contributed by atoms with van der Waals surface area (Å²) < 4.78 is 1.51. The molecule has 0 bridgehead atoms. The molecule has 3 N–H and O–H groups in total. The molecule has 6 heteroatoms. The highest BCUT2D eigenvalue weighted by Crippen LogP contribution is 2.27. The van der Waals surface area contributed by atoms with Crippen LogP contribution < -0.4 is 5.43 Å². The first-order chi connectivity index (χ1) is 10.5. The Balaban J connectivity index is 2.37. The van der Waals surface area contributed by atoms with Gasteiger partial charge in [-0.3, -0.25) is 9.59 Å². The van der Waals surface area contributed by atoms with E-state index in [1.807, 2.05) is 0 Å². The number of rotatable bonds is 6. The molecule has 1 unspecified atom stereocenters. The smallest absolute Gasteiger partial charge is 0.303 e. The van der Waals surface area contributed by atoms with Gasteiger partial charge in [0, 0.05) is 25.2 Å². The summed E-state index contributed by atoms with van der Waals surface area (Å²) in [6.45, 7) is 0.277. The third-order valence-corrected chi connectivity index (χ3v) is 3.36. The lowest BCUT2D eigenvalue weighted by Gasteiger charge is -2.19. The molecular weight excluding hydrogens is 286 g/mol. The molecule has 0 saturated carbocycles. The summed E-state index contributed by atoms with van der Waals surface area (Å²) >= 11 is 0. The first-order valence-electron chi connectivity index (χ1n) is 6.88. The minimum absolute atomic E-state index is 0.0340.